The molecule has 106 valence electrons. The van der Waals surface area contributed by atoms with Gasteiger partial charge in [0.2, 0.25) is 0 Å². The third kappa shape index (κ3) is 4.32. The maximum Gasteiger partial charge on any atom is 0.0198 e. The van der Waals surface area contributed by atoms with Crippen LogP contribution in [-0.4, -0.2) is 37.6 Å². The van der Waals surface area contributed by atoms with Crippen molar-refractivity contribution in [3.63, 3.8) is 0 Å². The van der Waals surface area contributed by atoms with E-state index < -0.39 is 0 Å². The molecule has 2 atom stereocenters. The van der Waals surface area contributed by atoms with E-state index in [1.54, 1.807) is 0 Å². The fourth-order valence-corrected chi connectivity index (χ4v) is 2.77. The first-order valence-corrected chi connectivity index (χ1v) is 7.69. The lowest BCUT2D eigenvalue weighted by molar-refractivity contribution is 0.232. The summed E-state index contributed by atoms with van der Waals surface area (Å²) in [6.07, 6.45) is 3.65. The van der Waals surface area contributed by atoms with E-state index in [0.29, 0.717) is 12.0 Å². The molecule has 1 N–H and O–H groups in total. The van der Waals surface area contributed by atoms with Gasteiger partial charge in [0.1, 0.15) is 0 Å². The van der Waals surface area contributed by atoms with Crippen LogP contribution in [0.4, 0.5) is 0 Å². The van der Waals surface area contributed by atoms with E-state index in [0.717, 1.165) is 6.54 Å². The quantitative estimate of drug-likeness (QED) is 0.875. The number of hydrogen-bond donors (Lipinski definition) is 1. The molecule has 1 aromatic carbocycles. The van der Waals surface area contributed by atoms with Crippen LogP contribution in [0.3, 0.4) is 0 Å². The molecule has 1 fully saturated rings. The number of piperazine rings is 1. The molecule has 2 nitrogen and oxygen atoms in total. The summed E-state index contributed by atoms with van der Waals surface area (Å²) in [5.41, 5.74) is 2.95. The van der Waals surface area contributed by atoms with Crippen molar-refractivity contribution in [1.82, 2.24) is 10.2 Å². The lowest BCUT2D eigenvalue weighted by atomic mass is 9.96. The van der Waals surface area contributed by atoms with Crippen molar-refractivity contribution < 1.29 is 0 Å². The number of likely N-dealkylation sites (N-methyl/N-ethyl adjacent to an activating group) is 1. The number of aryl methyl sites for hydroxylation is 1. The predicted octanol–water partition coefficient (Wildman–Crippen LogP) is 3.04. The zero-order valence-electron chi connectivity index (χ0n) is 12.7. The van der Waals surface area contributed by atoms with E-state index in [1.807, 2.05) is 0 Å². The molecular weight excluding hydrogens is 232 g/mol. The van der Waals surface area contributed by atoms with Crippen molar-refractivity contribution in [2.24, 2.45) is 0 Å². The lowest BCUT2D eigenvalue weighted by Crippen LogP contribution is -2.49. The Morgan fingerprint density at radius 2 is 2.05 bits per heavy atom. The molecule has 2 rings (SSSR count). The number of nitrogens with zero attached hydrogens (tertiary/aromatic N) is 1. The molecule has 1 saturated heterocycles. The molecule has 19 heavy (non-hydrogen) atoms. The first-order chi connectivity index (χ1) is 9.19. The van der Waals surface area contributed by atoms with Crippen LogP contribution in [0.25, 0.3) is 0 Å². The summed E-state index contributed by atoms with van der Waals surface area (Å²) in [7, 11) is 2.22. The van der Waals surface area contributed by atoms with Crippen LogP contribution in [0.15, 0.2) is 24.3 Å². The fourth-order valence-electron chi connectivity index (χ4n) is 2.77. The molecule has 0 amide bonds. The van der Waals surface area contributed by atoms with Gasteiger partial charge in [-0.25, -0.2) is 0 Å². The second-order valence-corrected chi connectivity index (χ2v) is 6.00. The van der Waals surface area contributed by atoms with Crippen LogP contribution < -0.4 is 5.32 Å². The van der Waals surface area contributed by atoms with Crippen molar-refractivity contribution >= 4 is 0 Å². The molecule has 1 heterocycles. The SMILES string of the molecule is CCC(C)c1ccc(CCC2CN(C)CCN2)cc1. The molecule has 0 aromatic heterocycles. The Hall–Kier alpha value is -0.860. The van der Waals surface area contributed by atoms with Crippen molar-refractivity contribution in [2.75, 3.05) is 26.7 Å². The van der Waals surface area contributed by atoms with Gasteiger partial charge in [-0.3, -0.25) is 0 Å². The molecule has 0 spiro atoms. The van der Waals surface area contributed by atoms with Crippen LogP contribution in [0.5, 0.6) is 0 Å². The van der Waals surface area contributed by atoms with Gasteiger partial charge in [-0.1, -0.05) is 38.1 Å². The Kier molecular flexibility index (Phi) is 5.41. The Balaban J connectivity index is 1.82. The molecular formula is C17H28N2. The molecule has 0 radical (unpaired) electrons. The average molecular weight is 260 g/mol. The van der Waals surface area contributed by atoms with Gasteiger partial charge in [0.25, 0.3) is 0 Å². The molecule has 2 unspecified atom stereocenters. The maximum absolute atomic E-state index is 3.62. The van der Waals surface area contributed by atoms with Gasteiger partial charge in [0, 0.05) is 25.7 Å². The smallest absolute Gasteiger partial charge is 0.0198 e. The second kappa shape index (κ2) is 7.06. The highest BCUT2D eigenvalue weighted by molar-refractivity contribution is 5.25. The number of benzene rings is 1. The molecule has 0 aliphatic carbocycles. The Morgan fingerprint density at radius 3 is 2.68 bits per heavy atom. The summed E-state index contributed by atoms with van der Waals surface area (Å²) in [4.78, 5) is 2.42. The van der Waals surface area contributed by atoms with E-state index in [4.69, 9.17) is 0 Å². The molecule has 2 heteroatoms. The summed E-state index contributed by atoms with van der Waals surface area (Å²) < 4.78 is 0. The monoisotopic (exact) mass is 260 g/mol. The number of rotatable bonds is 5. The van der Waals surface area contributed by atoms with Crippen molar-refractivity contribution in [3.05, 3.63) is 35.4 Å². The topological polar surface area (TPSA) is 15.3 Å². The van der Waals surface area contributed by atoms with Gasteiger partial charge < -0.3 is 10.2 Å². The van der Waals surface area contributed by atoms with Gasteiger partial charge in [-0.05, 0) is 43.4 Å². The summed E-state index contributed by atoms with van der Waals surface area (Å²) in [5, 5.41) is 3.62. The molecule has 1 aliphatic heterocycles. The first kappa shape index (κ1) is 14.5. The maximum atomic E-state index is 3.62. The summed E-state index contributed by atoms with van der Waals surface area (Å²) in [6.45, 7) is 8.06. The van der Waals surface area contributed by atoms with Crippen molar-refractivity contribution in [3.8, 4) is 0 Å². The van der Waals surface area contributed by atoms with Crippen LogP contribution in [0.1, 0.15) is 43.7 Å². The van der Waals surface area contributed by atoms with Gasteiger partial charge in [0.05, 0.1) is 0 Å². The highest BCUT2D eigenvalue weighted by Gasteiger charge is 2.15. The summed E-state index contributed by atoms with van der Waals surface area (Å²) in [6, 6.07) is 9.91. The Bertz CT molecular complexity index is 371. The van der Waals surface area contributed by atoms with Crippen LogP contribution >= 0.6 is 0 Å². The minimum atomic E-state index is 0.660. The van der Waals surface area contributed by atoms with E-state index >= 15 is 0 Å². The largest absolute Gasteiger partial charge is 0.311 e. The van der Waals surface area contributed by atoms with Crippen LogP contribution in [-0.2, 0) is 6.42 Å². The zero-order valence-corrected chi connectivity index (χ0v) is 12.7. The fraction of sp³-hybridized carbons (Fsp3) is 0.647. The van der Waals surface area contributed by atoms with Gasteiger partial charge >= 0.3 is 0 Å². The van der Waals surface area contributed by atoms with E-state index in [-0.39, 0.29) is 0 Å². The summed E-state index contributed by atoms with van der Waals surface area (Å²) >= 11 is 0. The van der Waals surface area contributed by atoms with Crippen LogP contribution in [0.2, 0.25) is 0 Å². The van der Waals surface area contributed by atoms with Gasteiger partial charge in [-0.15, -0.1) is 0 Å². The molecule has 0 bridgehead atoms. The predicted molar refractivity (Wildman–Crippen MR) is 82.8 cm³/mol. The number of hydrogen-bond acceptors (Lipinski definition) is 2. The normalized spacial score (nSPS) is 22.4. The number of nitrogens with one attached hydrogen (secondary N) is 1. The molecule has 1 aromatic rings. The van der Waals surface area contributed by atoms with E-state index in [2.05, 4.69) is 55.4 Å². The highest BCUT2D eigenvalue weighted by Crippen LogP contribution is 2.19. The van der Waals surface area contributed by atoms with Gasteiger partial charge in [-0.2, -0.15) is 0 Å². The standard InChI is InChI=1S/C17H28N2/c1-4-14(2)16-8-5-15(6-9-16)7-10-17-13-19(3)12-11-18-17/h5-6,8-9,14,17-18H,4,7,10-13H2,1-3H3. The van der Waals surface area contributed by atoms with Crippen LogP contribution in [0, 0.1) is 0 Å². The Morgan fingerprint density at radius 1 is 1.32 bits per heavy atom. The second-order valence-electron chi connectivity index (χ2n) is 6.00. The van der Waals surface area contributed by atoms with Gasteiger partial charge in [0.15, 0.2) is 0 Å². The molecule has 1 aliphatic rings. The van der Waals surface area contributed by atoms with E-state index in [9.17, 15) is 0 Å². The minimum Gasteiger partial charge on any atom is -0.311 e. The highest BCUT2D eigenvalue weighted by atomic mass is 15.2. The van der Waals surface area contributed by atoms with Crippen molar-refractivity contribution in [1.29, 1.82) is 0 Å². The van der Waals surface area contributed by atoms with Crippen molar-refractivity contribution in [2.45, 2.75) is 45.1 Å². The summed E-state index contributed by atoms with van der Waals surface area (Å²) in [5.74, 6) is 0.683. The lowest BCUT2D eigenvalue weighted by Gasteiger charge is -2.31. The third-order valence-electron chi connectivity index (χ3n) is 4.40. The minimum absolute atomic E-state index is 0.660. The zero-order chi connectivity index (χ0) is 13.7. The average Bonchev–Trinajstić information content (AvgIpc) is 2.45. The van der Waals surface area contributed by atoms with E-state index in [1.165, 1.54) is 43.5 Å². The Labute approximate surface area is 118 Å². The first-order valence-electron chi connectivity index (χ1n) is 7.69. The molecule has 0 saturated carbocycles. The third-order valence-corrected chi connectivity index (χ3v) is 4.40.